The van der Waals surface area contributed by atoms with E-state index in [0.29, 0.717) is 4.68 Å². The van der Waals surface area contributed by atoms with E-state index in [2.05, 4.69) is 5.10 Å². The average Bonchev–Trinajstić information content (AvgIpc) is 2.23. The number of fused-ring (bicyclic) bond motifs is 1. The summed E-state index contributed by atoms with van der Waals surface area (Å²) in [6, 6.07) is 4.51. The number of benzene rings is 1. The number of carbonyl (C=O) groups is 1. The monoisotopic (exact) mass is 205 g/mol. The largest absolute Gasteiger partial charge is 0.398 e. The van der Waals surface area contributed by atoms with Gasteiger partial charge in [0.2, 0.25) is 6.41 Å². The molecule has 0 saturated heterocycles. The summed E-state index contributed by atoms with van der Waals surface area (Å²) in [4.78, 5) is 33.5. The number of aromatic nitrogens is 2. The maximum atomic E-state index is 11.6. The Morgan fingerprint density at radius 1 is 1.33 bits per heavy atom. The van der Waals surface area contributed by atoms with Gasteiger partial charge in [-0.2, -0.15) is 4.68 Å². The number of nitrogens with one attached hydrogen (secondary N) is 1. The summed E-state index contributed by atoms with van der Waals surface area (Å²) in [6.07, 6.45) is 0.242. The van der Waals surface area contributed by atoms with Crippen molar-refractivity contribution < 1.29 is 4.79 Å². The molecule has 0 atom stereocenters. The molecule has 0 bridgehead atoms. The normalized spacial score (nSPS) is 10.4. The van der Waals surface area contributed by atoms with Crippen LogP contribution in [-0.2, 0) is 4.79 Å². The van der Waals surface area contributed by atoms with Crippen molar-refractivity contribution in [3.8, 4) is 0 Å². The quantitative estimate of drug-likeness (QED) is 0.475. The molecule has 0 unspecified atom stereocenters. The van der Waals surface area contributed by atoms with Crippen LogP contribution in [0.25, 0.3) is 10.8 Å². The van der Waals surface area contributed by atoms with Crippen molar-refractivity contribution >= 4 is 22.9 Å². The molecular formula is C9H7N3O3. The first-order chi connectivity index (χ1) is 7.15. The van der Waals surface area contributed by atoms with Crippen LogP contribution in [-0.4, -0.2) is 16.2 Å². The molecule has 2 rings (SSSR count). The summed E-state index contributed by atoms with van der Waals surface area (Å²) in [5.74, 6) is 0. The third-order valence-electron chi connectivity index (χ3n) is 2.10. The van der Waals surface area contributed by atoms with Gasteiger partial charge in [0.1, 0.15) is 0 Å². The van der Waals surface area contributed by atoms with E-state index in [9.17, 15) is 14.4 Å². The third kappa shape index (κ3) is 1.23. The lowest BCUT2D eigenvalue weighted by atomic mass is 10.1. The maximum Gasteiger partial charge on any atom is 0.280 e. The van der Waals surface area contributed by atoms with Gasteiger partial charge in [-0.1, -0.05) is 6.07 Å². The van der Waals surface area contributed by atoms with Crippen molar-refractivity contribution in [1.29, 1.82) is 0 Å². The molecule has 0 aliphatic heterocycles. The number of nitrogen functional groups attached to an aromatic ring is 1. The fraction of sp³-hybridized carbons (Fsp3) is 0. The van der Waals surface area contributed by atoms with E-state index in [1.54, 1.807) is 6.07 Å². The van der Waals surface area contributed by atoms with Crippen LogP contribution < -0.4 is 16.9 Å². The Labute approximate surface area is 82.9 Å². The molecule has 3 N–H and O–H groups in total. The predicted octanol–water partition coefficient (Wildman–Crippen LogP) is -0.690. The van der Waals surface area contributed by atoms with E-state index in [4.69, 9.17) is 5.73 Å². The van der Waals surface area contributed by atoms with Crippen LogP contribution in [0.5, 0.6) is 0 Å². The van der Waals surface area contributed by atoms with Crippen molar-refractivity contribution in [3.05, 3.63) is 38.9 Å². The van der Waals surface area contributed by atoms with Gasteiger partial charge < -0.3 is 5.73 Å². The van der Waals surface area contributed by atoms with Crippen molar-refractivity contribution in [1.82, 2.24) is 9.78 Å². The van der Waals surface area contributed by atoms with E-state index in [1.807, 2.05) is 0 Å². The smallest absolute Gasteiger partial charge is 0.280 e. The number of nitrogens with zero attached hydrogens (tertiary/aromatic N) is 1. The van der Waals surface area contributed by atoms with E-state index in [0.717, 1.165) is 0 Å². The molecule has 6 heteroatoms. The number of H-pyrrole nitrogens is 1. The van der Waals surface area contributed by atoms with Crippen LogP contribution in [0.3, 0.4) is 0 Å². The maximum absolute atomic E-state index is 11.6. The molecule has 76 valence electrons. The highest BCUT2D eigenvalue weighted by Gasteiger charge is 2.08. The van der Waals surface area contributed by atoms with Crippen molar-refractivity contribution in [2.24, 2.45) is 0 Å². The van der Waals surface area contributed by atoms with Gasteiger partial charge in [-0.15, -0.1) is 0 Å². The van der Waals surface area contributed by atoms with E-state index in [1.165, 1.54) is 12.1 Å². The van der Waals surface area contributed by atoms with Crippen LogP contribution in [0.4, 0.5) is 5.69 Å². The van der Waals surface area contributed by atoms with Crippen LogP contribution in [0, 0.1) is 0 Å². The fourth-order valence-corrected chi connectivity index (χ4v) is 1.42. The lowest BCUT2D eigenvalue weighted by Gasteiger charge is -2.01. The van der Waals surface area contributed by atoms with Crippen molar-refractivity contribution in [2.75, 3.05) is 5.73 Å². The first-order valence-electron chi connectivity index (χ1n) is 4.13. The first-order valence-corrected chi connectivity index (χ1v) is 4.13. The number of carbonyl (C=O) groups excluding carboxylic acids is 1. The molecule has 2 aromatic rings. The van der Waals surface area contributed by atoms with Crippen LogP contribution in [0.15, 0.2) is 27.8 Å². The molecule has 0 spiro atoms. The molecule has 0 aliphatic carbocycles. The van der Waals surface area contributed by atoms with Gasteiger partial charge >= 0.3 is 0 Å². The summed E-state index contributed by atoms with van der Waals surface area (Å²) in [6.45, 7) is 0. The molecule has 6 nitrogen and oxygen atoms in total. The standard InChI is InChI=1S/C9H7N3O3/c10-6-3-1-2-5-7(6)8(14)11-12(4-13)9(5)15/h1-4H,10H2,(H,11,14). The number of hydrogen-bond donors (Lipinski definition) is 2. The molecule has 0 amide bonds. The number of hydrogen-bond acceptors (Lipinski definition) is 4. The number of rotatable bonds is 1. The van der Waals surface area contributed by atoms with Gasteiger partial charge in [-0.3, -0.25) is 19.5 Å². The molecule has 15 heavy (non-hydrogen) atoms. The number of aromatic amines is 1. The number of nitrogens with two attached hydrogens (primary N) is 1. The van der Waals surface area contributed by atoms with Gasteiger partial charge in [-0.25, -0.2) is 0 Å². The Kier molecular flexibility index (Phi) is 1.89. The highest BCUT2D eigenvalue weighted by molar-refractivity contribution is 5.91. The molecular weight excluding hydrogens is 198 g/mol. The summed E-state index contributed by atoms with van der Waals surface area (Å²) >= 11 is 0. The minimum Gasteiger partial charge on any atom is -0.398 e. The van der Waals surface area contributed by atoms with Gasteiger partial charge in [0, 0.05) is 5.69 Å². The minimum absolute atomic E-state index is 0.112. The highest BCUT2D eigenvalue weighted by atomic mass is 16.2. The molecule has 0 radical (unpaired) electrons. The summed E-state index contributed by atoms with van der Waals surface area (Å²) < 4.78 is 0.587. The molecule has 1 heterocycles. The van der Waals surface area contributed by atoms with E-state index in [-0.39, 0.29) is 22.9 Å². The topological polar surface area (TPSA) is 97.9 Å². The van der Waals surface area contributed by atoms with E-state index < -0.39 is 11.1 Å². The Bertz CT molecular complexity index is 654. The minimum atomic E-state index is -0.591. The van der Waals surface area contributed by atoms with Crippen molar-refractivity contribution in [2.45, 2.75) is 0 Å². The zero-order valence-corrected chi connectivity index (χ0v) is 7.56. The van der Waals surface area contributed by atoms with Gasteiger partial charge in [0.15, 0.2) is 0 Å². The van der Waals surface area contributed by atoms with Crippen LogP contribution in [0.1, 0.15) is 0 Å². The Morgan fingerprint density at radius 3 is 2.73 bits per heavy atom. The Hall–Kier alpha value is -2.37. The lowest BCUT2D eigenvalue weighted by molar-refractivity contribution is 0.536. The third-order valence-corrected chi connectivity index (χ3v) is 2.10. The molecule has 1 aromatic heterocycles. The van der Waals surface area contributed by atoms with Crippen LogP contribution in [0.2, 0.25) is 0 Å². The Balaban J connectivity index is 3.14. The number of anilines is 1. The molecule has 0 fully saturated rings. The van der Waals surface area contributed by atoms with Gasteiger partial charge in [0.05, 0.1) is 10.8 Å². The summed E-state index contributed by atoms with van der Waals surface area (Å²) in [7, 11) is 0. The van der Waals surface area contributed by atoms with E-state index >= 15 is 0 Å². The zero-order valence-electron chi connectivity index (χ0n) is 7.56. The average molecular weight is 205 g/mol. The second kappa shape index (κ2) is 3.09. The second-order valence-corrected chi connectivity index (χ2v) is 2.99. The Morgan fingerprint density at radius 2 is 2.07 bits per heavy atom. The van der Waals surface area contributed by atoms with Gasteiger partial charge in [-0.05, 0) is 12.1 Å². The van der Waals surface area contributed by atoms with Crippen LogP contribution >= 0.6 is 0 Å². The molecule has 1 aromatic carbocycles. The summed E-state index contributed by atoms with van der Waals surface area (Å²) in [5.41, 5.74) is 4.62. The SMILES string of the molecule is Nc1cccc2c(=O)n(C=O)[nH]c(=O)c12. The first kappa shape index (κ1) is 9.20. The summed E-state index contributed by atoms with van der Waals surface area (Å²) in [5, 5.41) is 2.35. The zero-order chi connectivity index (χ0) is 11.0. The molecule has 0 aliphatic rings. The van der Waals surface area contributed by atoms with Gasteiger partial charge in [0.25, 0.3) is 11.1 Å². The fourth-order valence-electron chi connectivity index (χ4n) is 1.42. The predicted molar refractivity (Wildman–Crippen MR) is 55.4 cm³/mol. The van der Waals surface area contributed by atoms with Crippen molar-refractivity contribution in [3.63, 3.8) is 0 Å². The lowest BCUT2D eigenvalue weighted by Crippen LogP contribution is -2.29. The second-order valence-electron chi connectivity index (χ2n) is 2.99. The molecule has 0 saturated carbocycles. The highest BCUT2D eigenvalue weighted by Crippen LogP contribution is 2.11.